The molecule has 178 valence electrons. The first-order chi connectivity index (χ1) is 15.2. The summed E-state index contributed by atoms with van der Waals surface area (Å²) >= 11 is 0. The largest absolute Gasteiger partial charge is 0.378 e. The molecular weight excluding hydrogens is 390 g/mol. The summed E-state index contributed by atoms with van der Waals surface area (Å²) in [7, 11) is 1.87. The monoisotopic (exact) mass is 435 g/mol. The lowest BCUT2D eigenvalue weighted by atomic mass is 9.98. The number of nitrogens with zero attached hydrogens (tertiary/aromatic N) is 4. The van der Waals surface area contributed by atoms with Crippen molar-refractivity contribution >= 4 is 11.9 Å². The summed E-state index contributed by atoms with van der Waals surface area (Å²) in [5.74, 6) is 1.30. The topological polar surface area (TPSA) is 60.4 Å². The van der Waals surface area contributed by atoms with E-state index < -0.39 is 0 Å². The minimum absolute atomic E-state index is 0.00828. The molecule has 1 aliphatic carbocycles. The van der Waals surface area contributed by atoms with Crippen molar-refractivity contribution in [1.29, 1.82) is 0 Å². The van der Waals surface area contributed by atoms with Gasteiger partial charge in [0.2, 0.25) is 5.91 Å². The van der Waals surface area contributed by atoms with Crippen molar-refractivity contribution in [2.24, 2.45) is 4.99 Å². The van der Waals surface area contributed by atoms with Crippen molar-refractivity contribution < 1.29 is 9.53 Å². The number of carbonyl (C=O) groups excluding carboxylic acids is 1. The molecule has 0 aromatic heterocycles. The van der Waals surface area contributed by atoms with Crippen molar-refractivity contribution in [2.75, 3.05) is 59.5 Å². The first kappa shape index (κ1) is 24.3. The van der Waals surface area contributed by atoms with Gasteiger partial charge in [-0.15, -0.1) is 0 Å². The van der Waals surface area contributed by atoms with Crippen molar-refractivity contribution in [3.05, 3.63) is 0 Å². The third-order valence-corrected chi connectivity index (χ3v) is 7.16. The van der Waals surface area contributed by atoms with Gasteiger partial charge in [0.05, 0.1) is 12.1 Å². The van der Waals surface area contributed by atoms with Crippen LogP contribution in [-0.4, -0.2) is 98.2 Å². The molecule has 1 amide bonds. The van der Waals surface area contributed by atoms with Crippen molar-refractivity contribution in [1.82, 2.24) is 20.0 Å². The second-order valence-corrected chi connectivity index (χ2v) is 9.40. The Kier molecular flexibility index (Phi) is 10.4. The van der Waals surface area contributed by atoms with Crippen LogP contribution in [0.25, 0.3) is 0 Å². The lowest BCUT2D eigenvalue weighted by Crippen LogP contribution is -2.57. The second-order valence-electron chi connectivity index (χ2n) is 9.40. The molecule has 7 heteroatoms. The highest BCUT2D eigenvalue weighted by molar-refractivity contribution is 5.82. The van der Waals surface area contributed by atoms with Gasteiger partial charge in [0.15, 0.2) is 5.96 Å². The number of ether oxygens (including phenoxy) is 1. The van der Waals surface area contributed by atoms with Crippen molar-refractivity contribution in [3.63, 3.8) is 0 Å². The molecule has 3 fully saturated rings. The number of hydrogen-bond acceptors (Lipinski definition) is 4. The highest BCUT2D eigenvalue weighted by Gasteiger charge is 2.30. The third kappa shape index (κ3) is 7.63. The zero-order valence-corrected chi connectivity index (χ0v) is 20.0. The number of nitrogens with one attached hydrogen (secondary N) is 1. The highest BCUT2D eigenvalue weighted by atomic mass is 16.5. The van der Waals surface area contributed by atoms with Gasteiger partial charge < -0.3 is 19.9 Å². The molecule has 0 aromatic rings. The molecule has 31 heavy (non-hydrogen) atoms. The lowest BCUT2D eigenvalue weighted by molar-refractivity contribution is -0.135. The van der Waals surface area contributed by atoms with Crippen molar-refractivity contribution in [3.8, 4) is 0 Å². The number of likely N-dealkylation sites (tertiary alicyclic amines) is 1. The van der Waals surface area contributed by atoms with Crippen LogP contribution in [0.2, 0.25) is 0 Å². The summed E-state index contributed by atoms with van der Waals surface area (Å²) < 4.78 is 6.02. The fraction of sp³-hybridized carbons (Fsp3) is 0.917. The molecule has 2 aliphatic heterocycles. The molecule has 1 N–H and O–H groups in total. The maximum atomic E-state index is 12.7. The summed E-state index contributed by atoms with van der Waals surface area (Å²) in [6.07, 6.45) is 12.9. The Hall–Kier alpha value is -1.34. The Bertz CT molecular complexity index is 550. The highest BCUT2D eigenvalue weighted by Crippen LogP contribution is 2.20. The number of unbranched alkanes of at least 4 members (excludes halogenated alkanes) is 2. The van der Waals surface area contributed by atoms with Gasteiger partial charge in [0.25, 0.3) is 0 Å². The van der Waals surface area contributed by atoms with E-state index in [1.807, 2.05) is 11.9 Å². The van der Waals surface area contributed by atoms with E-state index in [-0.39, 0.29) is 6.04 Å². The van der Waals surface area contributed by atoms with E-state index in [0.717, 1.165) is 84.1 Å². The van der Waals surface area contributed by atoms with Gasteiger partial charge in [-0.25, -0.2) is 0 Å². The predicted octanol–water partition coefficient (Wildman–Crippen LogP) is 2.71. The smallest absolute Gasteiger partial charge is 0.239 e. The van der Waals surface area contributed by atoms with Gasteiger partial charge >= 0.3 is 0 Å². The molecule has 2 saturated heterocycles. The van der Waals surface area contributed by atoms with Crippen LogP contribution >= 0.6 is 0 Å². The van der Waals surface area contributed by atoms with Crippen LogP contribution in [0.1, 0.15) is 71.1 Å². The Morgan fingerprint density at radius 2 is 1.65 bits per heavy atom. The third-order valence-electron chi connectivity index (χ3n) is 7.16. The maximum Gasteiger partial charge on any atom is 0.239 e. The van der Waals surface area contributed by atoms with Crippen LogP contribution in [0.3, 0.4) is 0 Å². The first-order valence-electron chi connectivity index (χ1n) is 12.8. The average Bonchev–Trinajstić information content (AvgIpc) is 3.36. The van der Waals surface area contributed by atoms with E-state index in [2.05, 4.69) is 27.0 Å². The molecule has 0 bridgehead atoms. The minimum atomic E-state index is -0.00828. The van der Waals surface area contributed by atoms with Crippen LogP contribution in [0.4, 0.5) is 0 Å². The molecular formula is C24H45N5O2. The van der Waals surface area contributed by atoms with E-state index in [1.54, 1.807) is 0 Å². The van der Waals surface area contributed by atoms with Gasteiger partial charge in [-0.3, -0.25) is 14.7 Å². The Balaban J connectivity index is 1.26. The van der Waals surface area contributed by atoms with E-state index in [1.165, 1.54) is 38.5 Å². The van der Waals surface area contributed by atoms with E-state index in [0.29, 0.717) is 12.0 Å². The number of aliphatic imine (C=N–C) groups is 1. The van der Waals surface area contributed by atoms with Crippen molar-refractivity contribution in [2.45, 2.75) is 83.3 Å². The van der Waals surface area contributed by atoms with E-state index >= 15 is 0 Å². The molecule has 3 aliphatic rings. The van der Waals surface area contributed by atoms with Gasteiger partial charge in [-0.05, 0) is 51.9 Å². The fourth-order valence-corrected chi connectivity index (χ4v) is 5.10. The van der Waals surface area contributed by atoms with Gasteiger partial charge in [0, 0.05) is 59.5 Å². The first-order valence-corrected chi connectivity index (χ1v) is 12.8. The average molecular weight is 436 g/mol. The van der Waals surface area contributed by atoms with E-state index in [9.17, 15) is 4.79 Å². The number of hydrogen-bond donors (Lipinski definition) is 1. The molecule has 1 unspecified atom stereocenters. The molecule has 2 heterocycles. The van der Waals surface area contributed by atoms with Crippen LogP contribution in [-0.2, 0) is 9.53 Å². The van der Waals surface area contributed by atoms with E-state index in [4.69, 9.17) is 4.74 Å². The molecule has 0 radical (unpaired) electrons. The zero-order valence-electron chi connectivity index (χ0n) is 20.0. The quantitative estimate of drug-likeness (QED) is 0.343. The number of guanidine groups is 1. The molecule has 0 spiro atoms. The van der Waals surface area contributed by atoms with Gasteiger partial charge in [-0.1, -0.05) is 19.3 Å². The molecule has 3 rings (SSSR count). The number of rotatable bonds is 9. The van der Waals surface area contributed by atoms with Gasteiger partial charge in [0.1, 0.15) is 0 Å². The molecule has 1 saturated carbocycles. The minimum Gasteiger partial charge on any atom is -0.378 e. The Morgan fingerprint density at radius 1 is 0.935 bits per heavy atom. The summed E-state index contributed by atoms with van der Waals surface area (Å²) in [6.45, 7) is 9.50. The normalized spacial score (nSPS) is 22.7. The molecule has 1 atom stereocenters. The summed E-state index contributed by atoms with van der Waals surface area (Å²) in [5.41, 5.74) is 0. The molecule has 7 nitrogen and oxygen atoms in total. The second kappa shape index (κ2) is 13.3. The standard InChI is InChI=1S/C24H45N5O2/c1-21(23(30)28-14-8-9-15-28)27-16-18-29(19-17-27)24(25-2)26-13-7-4-10-20-31-22-11-5-3-6-12-22/h21-22H,3-20H2,1-2H3,(H,25,26). The predicted molar refractivity (Wildman–Crippen MR) is 126 cm³/mol. The summed E-state index contributed by atoms with van der Waals surface area (Å²) in [4.78, 5) is 23.9. The van der Waals surface area contributed by atoms with Gasteiger partial charge in [-0.2, -0.15) is 0 Å². The lowest BCUT2D eigenvalue weighted by Gasteiger charge is -2.39. The zero-order chi connectivity index (χ0) is 21.9. The number of amides is 1. The fourth-order valence-electron chi connectivity index (χ4n) is 5.10. The maximum absolute atomic E-state index is 12.7. The SMILES string of the molecule is CN=C(NCCCCCOC1CCCCC1)N1CCN(C(C)C(=O)N2CCCC2)CC1. The van der Waals surface area contributed by atoms with Crippen LogP contribution in [0.5, 0.6) is 0 Å². The Morgan fingerprint density at radius 3 is 2.32 bits per heavy atom. The summed E-state index contributed by atoms with van der Waals surface area (Å²) in [6, 6.07) is -0.00828. The summed E-state index contributed by atoms with van der Waals surface area (Å²) in [5, 5.41) is 3.53. The Labute approximate surface area is 189 Å². The number of piperazine rings is 1. The van der Waals surface area contributed by atoms with Crippen LogP contribution in [0.15, 0.2) is 4.99 Å². The molecule has 0 aromatic carbocycles. The number of carbonyl (C=O) groups is 1. The van der Waals surface area contributed by atoms with Crippen LogP contribution in [0, 0.1) is 0 Å². The van der Waals surface area contributed by atoms with Crippen LogP contribution < -0.4 is 5.32 Å².